The third-order valence-corrected chi connectivity index (χ3v) is 0.503. The van der Waals surface area contributed by atoms with E-state index in [2.05, 4.69) is 4.89 Å². The molecule has 0 aromatic carbocycles. The fourth-order valence-corrected chi connectivity index (χ4v) is 0.247. The van der Waals surface area contributed by atoms with E-state index in [9.17, 15) is 0 Å². The minimum absolute atomic E-state index is 0.275. The standard InChI is InChI=1S/C6H13ClO2/c1-5(7)8-9-6(2,3)4/h5H,1-4H3. The van der Waals surface area contributed by atoms with Gasteiger partial charge in [-0.05, 0) is 27.7 Å². The predicted octanol–water partition coefficient (Wildman–Crippen LogP) is 2.32. The van der Waals surface area contributed by atoms with Gasteiger partial charge in [-0.2, -0.15) is 0 Å². The summed E-state index contributed by atoms with van der Waals surface area (Å²) in [6, 6.07) is 0. The molecular weight excluding hydrogens is 140 g/mol. The van der Waals surface area contributed by atoms with Crippen molar-refractivity contribution in [1.29, 1.82) is 0 Å². The Morgan fingerprint density at radius 1 is 1.33 bits per heavy atom. The van der Waals surface area contributed by atoms with Gasteiger partial charge in [0.1, 0.15) is 0 Å². The van der Waals surface area contributed by atoms with Crippen molar-refractivity contribution in [1.82, 2.24) is 0 Å². The van der Waals surface area contributed by atoms with E-state index in [1.54, 1.807) is 6.92 Å². The van der Waals surface area contributed by atoms with Crippen molar-refractivity contribution in [3.8, 4) is 0 Å². The summed E-state index contributed by atoms with van der Waals surface area (Å²) in [5.74, 6) is 0. The Kier molecular flexibility index (Phi) is 3.48. The third-order valence-electron chi connectivity index (χ3n) is 0.431. The first kappa shape index (κ1) is 9.21. The average Bonchev–Trinajstić information content (AvgIpc) is 1.59. The highest BCUT2D eigenvalue weighted by Crippen LogP contribution is 2.09. The van der Waals surface area contributed by atoms with Gasteiger partial charge in [-0.1, -0.05) is 11.6 Å². The average molecular weight is 153 g/mol. The van der Waals surface area contributed by atoms with Crippen LogP contribution in [0.4, 0.5) is 0 Å². The molecular formula is C6H13ClO2. The van der Waals surface area contributed by atoms with E-state index in [1.165, 1.54) is 0 Å². The zero-order valence-corrected chi connectivity index (χ0v) is 7.03. The van der Waals surface area contributed by atoms with Gasteiger partial charge in [-0.15, -0.1) is 0 Å². The summed E-state index contributed by atoms with van der Waals surface area (Å²) in [6.45, 7) is 7.39. The van der Waals surface area contributed by atoms with Crippen LogP contribution in [-0.2, 0) is 9.78 Å². The lowest BCUT2D eigenvalue weighted by Gasteiger charge is -2.18. The Labute approximate surface area is 61.0 Å². The lowest BCUT2D eigenvalue weighted by atomic mass is 10.2. The van der Waals surface area contributed by atoms with Crippen molar-refractivity contribution in [3.63, 3.8) is 0 Å². The summed E-state index contributed by atoms with van der Waals surface area (Å²) < 4.78 is 0. The molecule has 0 bridgehead atoms. The maximum atomic E-state index is 5.44. The molecule has 56 valence electrons. The smallest absolute Gasteiger partial charge is 0.163 e. The quantitative estimate of drug-likeness (QED) is 0.344. The largest absolute Gasteiger partial charge is 0.229 e. The monoisotopic (exact) mass is 152 g/mol. The maximum Gasteiger partial charge on any atom is 0.163 e. The molecule has 9 heavy (non-hydrogen) atoms. The molecule has 0 aromatic rings. The minimum atomic E-state index is -0.385. The molecule has 0 amide bonds. The zero-order valence-electron chi connectivity index (χ0n) is 6.27. The molecule has 0 radical (unpaired) electrons. The zero-order chi connectivity index (χ0) is 7.49. The number of hydrogen-bond donors (Lipinski definition) is 0. The van der Waals surface area contributed by atoms with E-state index in [1.807, 2.05) is 20.8 Å². The summed E-state index contributed by atoms with van der Waals surface area (Å²) in [4.78, 5) is 9.53. The lowest BCUT2D eigenvalue weighted by Crippen LogP contribution is -2.20. The Hall–Kier alpha value is 0.210. The van der Waals surface area contributed by atoms with Crippen molar-refractivity contribution in [2.24, 2.45) is 0 Å². The second-order valence-electron chi connectivity index (χ2n) is 2.83. The van der Waals surface area contributed by atoms with Crippen molar-refractivity contribution >= 4 is 11.6 Å². The predicted molar refractivity (Wildman–Crippen MR) is 37.2 cm³/mol. The highest BCUT2D eigenvalue weighted by Gasteiger charge is 2.12. The summed E-state index contributed by atoms with van der Waals surface area (Å²) in [7, 11) is 0. The van der Waals surface area contributed by atoms with E-state index in [0.717, 1.165) is 0 Å². The number of rotatable bonds is 2. The van der Waals surface area contributed by atoms with Gasteiger partial charge >= 0.3 is 0 Å². The summed E-state index contributed by atoms with van der Waals surface area (Å²) in [6.07, 6.45) is 0. The molecule has 0 N–H and O–H groups in total. The van der Waals surface area contributed by atoms with Crippen LogP contribution < -0.4 is 0 Å². The van der Waals surface area contributed by atoms with Gasteiger partial charge in [0.2, 0.25) is 0 Å². The Bertz CT molecular complexity index is 75.6. The number of alkyl halides is 1. The van der Waals surface area contributed by atoms with Gasteiger partial charge in [0.05, 0.1) is 5.60 Å². The van der Waals surface area contributed by atoms with Gasteiger partial charge in [-0.3, -0.25) is 0 Å². The Morgan fingerprint density at radius 2 is 1.78 bits per heavy atom. The molecule has 1 unspecified atom stereocenters. The SMILES string of the molecule is CC(Cl)OOC(C)(C)C. The molecule has 0 rings (SSSR count). The van der Waals surface area contributed by atoms with Crippen molar-refractivity contribution in [3.05, 3.63) is 0 Å². The van der Waals surface area contributed by atoms with Crippen LogP contribution in [0.3, 0.4) is 0 Å². The van der Waals surface area contributed by atoms with E-state index >= 15 is 0 Å². The van der Waals surface area contributed by atoms with Gasteiger partial charge in [-0.25, -0.2) is 9.78 Å². The van der Waals surface area contributed by atoms with Crippen LogP contribution in [0, 0.1) is 0 Å². The third kappa shape index (κ3) is 8.21. The van der Waals surface area contributed by atoms with Crippen molar-refractivity contribution in [2.75, 3.05) is 0 Å². The normalized spacial score (nSPS) is 15.7. The van der Waals surface area contributed by atoms with Crippen molar-refractivity contribution in [2.45, 2.75) is 38.9 Å². The first-order valence-electron chi connectivity index (χ1n) is 2.90. The second kappa shape index (κ2) is 3.40. The minimum Gasteiger partial charge on any atom is -0.229 e. The highest BCUT2D eigenvalue weighted by molar-refractivity contribution is 6.19. The fourth-order valence-electron chi connectivity index (χ4n) is 0.211. The highest BCUT2D eigenvalue weighted by atomic mass is 35.5. The molecule has 0 saturated heterocycles. The molecule has 2 nitrogen and oxygen atoms in total. The van der Waals surface area contributed by atoms with Crippen molar-refractivity contribution < 1.29 is 9.78 Å². The molecule has 1 atom stereocenters. The van der Waals surface area contributed by atoms with Gasteiger partial charge in [0.15, 0.2) is 5.56 Å². The Balaban J connectivity index is 3.28. The molecule has 0 saturated carbocycles. The van der Waals surface area contributed by atoms with Crippen LogP contribution in [0.5, 0.6) is 0 Å². The van der Waals surface area contributed by atoms with Crippen LogP contribution in [0.25, 0.3) is 0 Å². The fraction of sp³-hybridized carbons (Fsp3) is 1.00. The molecule has 0 aliphatic carbocycles. The van der Waals surface area contributed by atoms with Crippen LogP contribution in [0.2, 0.25) is 0 Å². The van der Waals surface area contributed by atoms with Gasteiger partial charge in [0.25, 0.3) is 0 Å². The maximum absolute atomic E-state index is 5.44. The lowest BCUT2D eigenvalue weighted by molar-refractivity contribution is -0.355. The van der Waals surface area contributed by atoms with E-state index in [0.29, 0.717) is 0 Å². The van der Waals surface area contributed by atoms with Gasteiger partial charge < -0.3 is 0 Å². The molecule has 0 aromatic heterocycles. The van der Waals surface area contributed by atoms with Crippen LogP contribution in [-0.4, -0.2) is 11.2 Å². The molecule has 0 heterocycles. The molecule has 0 aliphatic heterocycles. The van der Waals surface area contributed by atoms with Crippen LogP contribution in [0.15, 0.2) is 0 Å². The van der Waals surface area contributed by atoms with E-state index < -0.39 is 0 Å². The second-order valence-corrected chi connectivity index (χ2v) is 3.45. The Morgan fingerprint density at radius 3 is 1.89 bits per heavy atom. The van der Waals surface area contributed by atoms with E-state index in [-0.39, 0.29) is 11.2 Å². The number of halogens is 1. The molecule has 3 heteroatoms. The molecule has 0 spiro atoms. The summed E-state index contributed by atoms with van der Waals surface area (Å²) >= 11 is 5.44. The number of hydrogen-bond acceptors (Lipinski definition) is 2. The first-order chi connectivity index (χ1) is 3.92. The van der Waals surface area contributed by atoms with Crippen LogP contribution in [0.1, 0.15) is 27.7 Å². The topological polar surface area (TPSA) is 18.5 Å². The summed E-state index contributed by atoms with van der Waals surface area (Å²) in [5, 5.41) is 0. The molecule has 0 aliphatic rings. The molecule has 0 fully saturated rings. The first-order valence-corrected chi connectivity index (χ1v) is 3.34. The van der Waals surface area contributed by atoms with E-state index in [4.69, 9.17) is 16.5 Å². The van der Waals surface area contributed by atoms with Crippen LogP contribution >= 0.6 is 11.6 Å². The van der Waals surface area contributed by atoms with Gasteiger partial charge in [0, 0.05) is 0 Å². The summed E-state index contributed by atoms with van der Waals surface area (Å²) in [5.41, 5.74) is -0.660.